The molecule has 0 aliphatic heterocycles. The molecule has 2 fully saturated rings. The Balaban J connectivity index is 0.000000200. The maximum absolute atomic E-state index is 11.7. The van der Waals surface area contributed by atoms with Crippen molar-refractivity contribution in [2.24, 2.45) is 11.8 Å². The molecule has 58 heavy (non-hydrogen) atoms. The van der Waals surface area contributed by atoms with E-state index in [1.165, 1.54) is 25.3 Å². The number of methoxy groups -OCH3 is 2. The maximum Gasteiger partial charge on any atom is 0.308 e. The van der Waals surface area contributed by atoms with Crippen LogP contribution in [0.15, 0.2) is 57.4 Å². The van der Waals surface area contributed by atoms with E-state index in [0.717, 1.165) is 67.5 Å². The minimum atomic E-state index is -1.72. The number of hydrogen-bond donors (Lipinski definition) is 0. The molecule has 2 aliphatic carbocycles. The number of hydrogen-bond acceptors (Lipinski definition) is 11. The average Bonchev–Trinajstić information content (AvgIpc) is 3.78. The number of rotatable bonds is 10. The average molecular weight is 817 g/mol. The van der Waals surface area contributed by atoms with E-state index in [-0.39, 0.29) is 41.0 Å². The van der Waals surface area contributed by atoms with Gasteiger partial charge in [0, 0.05) is 17.2 Å². The van der Waals surface area contributed by atoms with Gasteiger partial charge in [0.1, 0.15) is 22.9 Å². The molecule has 2 aromatic heterocycles. The van der Waals surface area contributed by atoms with Crippen molar-refractivity contribution in [3.05, 3.63) is 82.6 Å². The Labute approximate surface area is 345 Å². The molecule has 4 atom stereocenters. The van der Waals surface area contributed by atoms with Crippen LogP contribution in [-0.4, -0.2) is 62.9 Å². The molecule has 0 radical (unpaired) electrons. The Morgan fingerprint density at radius 3 is 1.66 bits per heavy atom. The molecule has 2 heterocycles. The first-order chi connectivity index (χ1) is 27.4. The Hall–Kier alpha value is -4.39. The molecule has 11 nitrogen and oxygen atoms in total. The van der Waals surface area contributed by atoms with Crippen molar-refractivity contribution in [3.8, 4) is 22.9 Å². The zero-order valence-corrected chi connectivity index (χ0v) is 37.4. The molecular formula is C46H64N2O9Si. The van der Waals surface area contributed by atoms with Crippen LogP contribution in [0.4, 0.5) is 0 Å². The van der Waals surface area contributed by atoms with Gasteiger partial charge in [0.2, 0.25) is 11.8 Å². The molecule has 2 saturated carbocycles. The highest BCUT2D eigenvalue weighted by Gasteiger charge is 2.41. The highest BCUT2D eigenvalue weighted by Crippen LogP contribution is 2.40. The van der Waals surface area contributed by atoms with Gasteiger partial charge in [-0.3, -0.25) is 14.4 Å². The number of aromatic nitrogens is 2. The third-order valence-electron chi connectivity index (χ3n) is 11.5. The summed E-state index contributed by atoms with van der Waals surface area (Å²) in [6.45, 7) is 19.4. The fourth-order valence-electron chi connectivity index (χ4n) is 6.82. The number of aldehydes is 1. The maximum atomic E-state index is 11.7. The van der Waals surface area contributed by atoms with Crippen LogP contribution in [0.1, 0.15) is 111 Å². The molecule has 12 heteroatoms. The number of carbonyl (C=O) groups is 3. The summed E-state index contributed by atoms with van der Waals surface area (Å²) >= 11 is 0. The summed E-state index contributed by atoms with van der Waals surface area (Å²) in [6, 6.07) is 15.9. The van der Waals surface area contributed by atoms with Gasteiger partial charge in [-0.1, -0.05) is 69.0 Å². The van der Waals surface area contributed by atoms with E-state index in [1.807, 2.05) is 62.4 Å². The summed E-state index contributed by atoms with van der Waals surface area (Å²) in [5.74, 6) is 2.23. The monoisotopic (exact) mass is 816 g/mol. The Morgan fingerprint density at radius 1 is 0.724 bits per heavy atom. The molecule has 0 saturated heterocycles. The number of ether oxygens (including phenoxy) is 3. The minimum absolute atomic E-state index is 0.0403. The Kier molecular flexibility index (Phi) is 16.8. The zero-order valence-electron chi connectivity index (χ0n) is 36.4. The second-order valence-corrected chi connectivity index (χ2v) is 21.8. The van der Waals surface area contributed by atoms with Crippen LogP contribution >= 0.6 is 0 Å². The first-order valence-corrected chi connectivity index (χ1v) is 23.3. The minimum Gasteiger partial charge on any atom is -0.469 e. The van der Waals surface area contributed by atoms with Crippen LogP contribution < -0.4 is 0 Å². The summed E-state index contributed by atoms with van der Waals surface area (Å²) < 4.78 is 33.3. The number of esters is 2. The van der Waals surface area contributed by atoms with E-state index in [2.05, 4.69) is 50.8 Å². The van der Waals surface area contributed by atoms with Gasteiger partial charge in [-0.15, -0.1) is 0 Å². The van der Waals surface area contributed by atoms with E-state index in [4.69, 9.17) is 27.5 Å². The molecule has 0 N–H and O–H groups in total. The van der Waals surface area contributed by atoms with Crippen LogP contribution in [0.25, 0.3) is 22.9 Å². The molecule has 0 amide bonds. The van der Waals surface area contributed by atoms with Gasteiger partial charge >= 0.3 is 11.9 Å². The van der Waals surface area contributed by atoms with Crippen molar-refractivity contribution in [1.29, 1.82) is 0 Å². The third-order valence-corrected chi connectivity index (χ3v) is 16.0. The summed E-state index contributed by atoms with van der Waals surface area (Å²) in [5, 5.41) is 0.227. The number of nitrogens with zero attached hydrogens (tertiary/aromatic N) is 2. The predicted octanol–water partition coefficient (Wildman–Crippen LogP) is 10.7. The Bertz CT molecular complexity index is 1930. The molecule has 4 unspecified atom stereocenters. The van der Waals surface area contributed by atoms with E-state index >= 15 is 0 Å². The second-order valence-electron chi connectivity index (χ2n) is 17.0. The summed E-state index contributed by atoms with van der Waals surface area (Å²) in [6.07, 6.45) is 8.49. The molecule has 4 aromatic rings. The molecule has 0 bridgehead atoms. The van der Waals surface area contributed by atoms with Crippen molar-refractivity contribution in [3.63, 3.8) is 0 Å². The van der Waals surface area contributed by atoms with Gasteiger partial charge in [0.05, 0.1) is 38.8 Å². The normalized spacial score (nSPS) is 19.5. The summed E-state index contributed by atoms with van der Waals surface area (Å²) in [5.41, 5.74) is 5.41. The number of benzene rings is 2. The molecule has 2 aromatic carbocycles. The molecule has 6 rings (SSSR count). The SMILES string of the molecule is COC(=O)C1CCCC(OCc2nc(-c3ccc(C)cc3)oc2C)C1.COC(=O)C1CCCC(O[Si](C)(C)C(C)(C)C)C1.Cc1ccc(-c2nc(C=O)c(C)o2)cc1. The van der Waals surface area contributed by atoms with Crippen LogP contribution in [0.2, 0.25) is 18.1 Å². The van der Waals surface area contributed by atoms with Crippen LogP contribution in [0, 0.1) is 39.5 Å². The standard InChI is InChI=1S/C20H25NO4.C14H28O3Si.C12H11NO2/c1-13-7-9-15(10-8-13)19-21-18(14(2)25-19)12-24-17-6-4-5-16(11-17)20(22)23-3;1-14(2,3)18(5,6)17-12-9-7-8-11(10-12)13(15)16-4;1-8-3-5-10(6-4-8)12-13-11(7-14)9(2)15-12/h7-10,16-17H,4-6,11-12H2,1-3H3;11-12H,7-10H2,1-6H3;3-7H,1-2H3. The number of aryl methyl sites for hydroxylation is 4. The van der Waals surface area contributed by atoms with Gasteiger partial charge < -0.3 is 27.5 Å². The third kappa shape index (κ3) is 13.1. The van der Waals surface area contributed by atoms with Gasteiger partial charge in [-0.2, -0.15) is 0 Å². The van der Waals surface area contributed by atoms with Crippen molar-refractivity contribution < 1.29 is 41.9 Å². The first-order valence-electron chi connectivity index (χ1n) is 20.4. The highest BCUT2D eigenvalue weighted by atomic mass is 28.4. The second kappa shape index (κ2) is 21.0. The zero-order chi connectivity index (χ0) is 42.6. The van der Waals surface area contributed by atoms with Crippen LogP contribution in [-0.2, 0) is 34.8 Å². The first kappa shape index (κ1) is 46.3. The largest absolute Gasteiger partial charge is 0.469 e. The van der Waals surface area contributed by atoms with Gasteiger partial charge in [-0.25, -0.2) is 9.97 Å². The van der Waals surface area contributed by atoms with Gasteiger partial charge in [0.25, 0.3) is 0 Å². The van der Waals surface area contributed by atoms with Gasteiger partial charge in [0.15, 0.2) is 14.6 Å². The lowest BCUT2D eigenvalue weighted by Crippen LogP contribution is -2.45. The molecule has 316 valence electrons. The molecule has 2 aliphatic rings. The van der Waals surface area contributed by atoms with E-state index in [1.54, 1.807) is 6.92 Å². The summed E-state index contributed by atoms with van der Waals surface area (Å²) in [4.78, 5) is 42.6. The van der Waals surface area contributed by atoms with E-state index in [9.17, 15) is 14.4 Å². The molecular weight excluding hydrogens is 753 g/mol. The quantitative estimate of drug-likeness (QED) is 0.0858. The van der Waals surface area contributed by atoms with Crippen LogP contribution in [0.5, 0.6) is 0 Å². The van der Waals surface area contributed by atoms with Gasteiger partial charge in [-0.05, 0) is 109 Å². The topological polar surface area (TPSA) is 140 Å². The van der Waals surface area contributed by atoms with E-state index < -0.39 is 8.32 Å². The lowest BCUT2D eigenvalue weighted by atomic mass is 9.87. The smallest absolute Gasteiger partial charge is 0.308 e. The van der Waals surface area contributed by atoms with Crippen molar-refractivity contribution in [1.82, 2.24) is 9.97 Å². The van der Waals surface area contributed by atoms with Crippen molar-refractivity contribution >= 4 is 26.5 Å². The fraction of sp³-hybridized carbons (Fsp3) is 0.543. The lowest BCUT2D eigenvalue weighted by molar-refractivity contribution is -0.149. The van der Waals surface area contributed by atoms with Crippen molar-refractivity contribution in [2.75, 3.05) is 14.2 Å². The lowest BCUT2D eigenvalue weighted by Gasteiger charge is -2.41. The van der Waals surface area contributed by atoms with Crippen molar-refractivity contribution in [2.45, 2.75) is 137 Å². The van der Waals surface area contributed by atoms with Crippen LogP contribution in [0.3, 0.4) is 0 Å². The summed E-state index contributed by atoms with van der Waals surface area (Å²) in [7, 11) is 1.20. The van der Waals surface area contributed by atoms with E-state index in [0.29, 0.717) is 42.5 Å². The fourth-order valence-corrected chi connectivity index (χ4v) is 8.22. The molecule has 0 spiro atoms. The highest BCUT2D eigenvalue weighted by molar-refractivity contribution is 6.74. The predicted molar refractivity (Wildman–Crippen MR) is 227 cm³/mol. The number of oxazole rings is 2. The number of carbonyl (C=O) groups excluding carboxylic acids is 3. The Morgan fingerprint density at radius 2 is 1.19 bits per heavy atom.